The fourth-order valence-corrected chi connectivity index (χ4v) is 10.8. The van der Waals surface area contributed by atoms with Gasteiger partial charge >= 0.3 is 0 Å². The van der Waals surface area contributed by atoms with Gasteiger partial charge in [0.15, 0.2) is 0 Å². The highest BCUT2D eigenvalue weighted by atomic mass is 16.5. The van der Waals surface area contributed by atoms with E-state index in [0.717, 1.165) is 6.42 Å². The zero-order chi connectivity index (χ0) is 22.8. The van der Waals surface area contributed by atoms with Gasteiger partial charge in [0.25, 0.3) is 0 Å². The number of likely N-dealkylation sites (N-methyl/N-ethyl adjacent to an activating group) is 1. The van der Waals surface area contributed by atoms with Crippen LogP contribution in [0.15, 0.2) is 0 Å². The molecule has 0 aromatic heterocycles. The van der Waals surface area contributed by atoms with E-state index in [1.54, 1.807) is 21.3 Å². The average molecular weight is 454 g/mol. The van der Waals surface area contributed by atoms with Crippen LogP contribution in [0, 0.1) is 34.5 Å². The van der Waals surface area contributed by atoms with Gasteiger partial charge in [-0.2, -0.15) is 0 Å². The molecule has 8 heteroatoms. The molecule has 1 spiro atoms. The highest BCUT2D eigenvalue weighted by Gasteiger charge is 2.91. The molecule has 1 heterocycles. The summed E-state index contributed by atoms with van der Waals surface area (Å²) in [5.74, 6) is -0.617. The maximum absolute atomic E-state index is 13.0. The molecule has 5 saturated carbocycles. The normalized spacial score (nSPS) is 62.4. The summed E-state index contributed by atoms with van der Waals surface area (Å²) in [6, 6.07) is -0.368. The minimum atomic E-state index is -1.45. The third kappa shape index (κ3) is 1.92. The summed E-state index contributed by atoms with van der Waals surface area (Å²) in [7, 11) is 4.94. The Morgan fingerprint density at radius 2 is 1.88 bits per heavy atom. The molecule has 0 radical (unpaired) electrons. The third-order valence-electron chi connectivity index (χ3n) is 11.5. The summed E-state index contributed by atoms with van der Waals surface area (Å²) in [5.41, 5.74) is -3.64. The Bertz CT molecular complexity index is 798. The highest BCUT2D eigenvalue weighted by Crippen LogP contribution is 2.80. The molecule has 5 aliphatic carbocycles. The number of piperidine rings is 1. The van der Waals surface area contributed by atoms with Crippen molar-refractivity contribution in [2.45, 2.75) is 74.3 Å². The molecule has 7 bridgehead atoms. The van der Waals surface area contributed by atoms with E-state index in [1.807, 2.05) is 0 Å². The first-order valence-corrected chi connectivity index (χ1v) is 12.3. The summed E-state index contributed by atoms with van der Waals surface area (Å²) in [4.78, 5) is 2.28. The van der Waals surface area contributed by atoms with Crippen LogP contribution in [-0.2, 0) is 14.2 Å². The summed E-state index contributed by atoms with van der Waals surface area (Å²) >= 11 is 0. The largest absolute Gasteiger partial charge is 0.396 e. The fraction of sp³-hybridized carbons (Fsp3) is 1.00. The van der Waals surface area contributed by atoms with Crippen LogP contribution in [0.3, 0.4) is 0 Å². The highest BCUT2D eigenvalue weighted by molar-refractivity contribution is 5.41. The maximum Gasteiger partial charge on any atom is 0.136 e. The van der Waals surface area contributed by atoms with Gasteiger partial charge in [0, 0.05) is 62.9 Å². The smallest absolute Gasteiger partial charge is 0.136 e. The van der Waals surface area contributed by atoms with Gasteiger partial charge < -0.3 is 34.6 Å². The van der Waals surface area contributed by atoms with Crippen molar-refractivity contribution in [3.05, 3.63) is 0 Å². The van der Waals surface area contributed by atoms with E-state index < -0.39 is 40.3 Å². The second kappa shape index (κ2) is 6.66. The maximum atomic E-state index is 13.0. The molecule has 6 rings (SSSR count). The van der Waals surface area contributed by atoms with Crippen molar-refractivity contribution in [2.24, 2.45) is 34.5 Å². The predicted molar refractivity (Wildman–Crippen MR) is 114 cm³/mol. The number of hydrogen-bond acceptors (Lipinski definition) is 8. The van der Waals surface area contributed by atoms with Crippen molar-refractivity contribution in [3.63, 3.8) is 0 Å². The van der Waals surface area contributed by atoms with Crippen LogP contribution >= 0.6 is 0 Å². The van der Waals surface area contributed by atoms with Gasteiger partial charge in [-0.25, -0.2) is 0 Å². The Morgan fingerprint density at radius 1 is 1.12 bits per heavy atom. The lowest BCUT2D eigenvalue weighted by Crippen LogP contribution is -2.82. The van der Waals surface area contributed by atoms with E-state index in [-0.39, 0.29) is 42.4 Å². The summed E-state index contributed by atoms with van der Waals surface area (Å²) < 4.78 is 18.4. The first kappa shape index (κ1) is 22.2. The van der Waals surface area contributed by atoms with Crippen LogP contribution in [-0.4, -0.2) is 108 Å². The van der Waals surface area contributed by atoms with E-state index in [4.69, 9.17) is 14.2 Å². The van der Waals surface area contributed by atoms with Gasteiger partial charge in [0.2, 0.25) is 0 Å². The van der Waals surface area contributed by atoms with E-state index in [2.05, 4.69) is 11.8 Å². The van der Waals surface area contributed by atoms with E-state index in [0.29, 0.717) is 32.4 Å². The molecular weight excluding hydrogens is 414 g/mol. The van der Waals surface area contributed by atoms with Crippen molar-refractivity contribution >= 4 is 0 Å². The molecule has 1 aliphatic heterocycles. The van der Waals surface area contributed by atoms with Crippen molar-refractivity contribution < 1.29 is 34.6 Å². The molecule has 8 nitrogen and oxygen atoms in total. The number of fused-ring (bicyclic) bond motifs is 2. The van der Waals surface area contributed by atoms with E-state index in [1.165, 1.54) is 0 Å². The molecule has 0 unspecified atom stereocenters. The first-order valence-electron chi connectivity index (χ1n) is 12.3. The Kier molecular flexibility index (Phi) is 4.62. The van der Waals surface area contributed by atoms with Crippen LogP contribution in [0.1, 0.15) is 32.6 Å². The van der Waals surface area contributed by atoms with Gasteiger partial charge in [-0.15, -0.1) is 0 Å². The summed E-state index contributed by atoms with van der Waals surface area (Å²) in [6.45, 7) is 3.45. The van der Waals surface area contributed by atoms with Crippen molar-refractivity contribution in [1.82, 2.24) is 4.90 Å². The summed E-state index contributed by atoms with van der Waals surface area (Å²) in [6.07, 6.45) is 0.343. The van der Waals surface area contributed by atoms with Crippen molar-refractivity contribution in [3.8, 4) is 0 Å². The molecule has 182 valence electrons. The Labute approximate surface area is 189 Å². The third-order valence-corrected chi connectivity index (χ3v) is 11.5. The molecule has 32 heavy (non-hydrogen) atoms. The molecule has 0 aromatic rings. The zero-order valence-electron chi connectivity index (χ0n) is 19.6. The topological polar surface area (TPSA) is 112 Å². The predicted octanol–water partition coefficient (Wildman–Crippen LogP) is -0.383. The lowest BCUT2D eigenvalue weighted by Gasteiger charge is -2.70. The van der Waals surface area contributed by atoms with Crippen LogP contribution in [0.5, 0.6) is 0 Å². The second-order valence-corrected chi connectivity index (χ2v) is 11.6. The van der Waals surface area contributed by atoms with Crippen molar-refractivity contribution in [1.29, 1.82) is 0 Å². The number of aliphatic hydroxyl groups excluding tert-OH is 3. The van der Waals surface area contributed by atoms with Gasteiger partial charge in [0.05, 0.1) is 37.1 Å². The minimum absolute atomic E-state index is 0.00462. The van der Waals surface area contributed by atoms with Crippen molar-refractivity contribution in [2.75, 3.05) is 41.0 Å². The van der Waals surface area contributed by atoms with Gasteiger partial charge in [-0.3, -0.25) is 4.90 Å². The minimum Gasteiger partial charge on any atom is -0.396 e. The van der Waals surface area contributed by atoms with Crippen LogP contribution in [0.25, 0.3) is 0 Å². The van der Waals surface area contributed by atoms with E-state index >= 15 is 0 Å². The number of aliphatic hydroxyl groups is 4. The quantitative estimate of drug-likeness (QED) is 0.446. The molecule has 1 saturated heterocycles. The number of likely N-dealkylation sites (tertiary alicyclic amines) is 1. The number of methoxy groups -OCH3 is 3. The van der Waals surface area contributed by atoms with Crippen LogP contribution in [0.2, 0.25) is 0 Å². The lowest BCUT2D eigenvalue weighted by atomic mass is 9.42. The molecule has 13 atom stereocenters. The van der Waals surface area contributed by atoms with Gasteiger partial charge in [0.1, 0.15) is 11.2 Å². The van der Waals surface area contributed by atoms with Gasteiger partial charge in [-0.05, 0) is 31.7 Å². The lowest BCUT2D eigenvalue weighted by molar-refractivity contribution is -0.323. The van der Waals surface area contributed by atoms with E-state index in [9.17, 15) is 20.4 Å². The Morgan fingerprint density at radius 3 is 2.47 bits per heavy atom. The molecule has 0 amide bonds. The number of nitrogens with zero attached hydrogens (tertiary/aromatic N) is 1. The molecule has 4 N–H and O–H groups in total. The number of hydrogen-bond donors (Lipinski definition) is 4. The molecule has 6 fully saturated rings. The summed E-state index contributed by atoms with van der Waals surface area (Å²) in [5, 5.41) is 47.2. The Hall–Kier alpha value is -0.320. The van der Waals surface area contributed by atoms with Crippen LogP contribution in [0.4, 0.5) is 0 Å². The zero-order valence-corrected chi connectivity index (χ0v) is 19.6. The number of rotatable bonds is 5. The molecule has 6 aliphatic rings. The second-order valence-electron chi connectivity index (χ2n) is 11.6. The average Bonchev–Trinajstić information content (AvgIpc) is 3.15. The monoisotopic (exact) mass is 453 g/mol. The molecule has 0 aromatic carbocycles. The standard InChI is InChI=1S/C24H39NO7/c1-5-25-10-21(11-26)7-6-15(27)23-13-8-12-14(30-2)9-22(32-4,16(13)17(12)28)24(29,20(23)25)19(31-3)18(21)23/h12-20,26-29H,5-11H2,1-4H3/t12-,13-,14+,15+,16-,17+,18-,19+,20+,21+,22-,23+,24-/m1/s1. The number of ether oxygens (including phenoxy) is 3. The van der Waals surface area contributed by atoms with Crippen LogP contribution < -0.4 is 0 Å². The molecular formula is C24H39NO7. The Balaban J connectivity index is 1.70. The fourth-order valence-electron chi connectivity index (χ4n) is 10.8. The first-order chi connectivity index (χ1) is 15.3. The SMILES string of the molecule is CCN1C[C@]2(CO)CC[C@H](O)[C@@]34[C@@H]5C[C@H]6[C@H](O)[C@@H]5[C@](OC)(C[C@@H]6OC)[C@@](O)([C@@H](OC)[C@H]23)[C@@H]14. The van der Waals surface area contributed by atoms with Gasteiger partial charge in [-0.1, -0.05) is 6.92 Å².